The molecule has 120 valence electrons. The molecular weight excluding hydrogens is 378 g/mol. The van der Waals surface area contributed by atoms with Gasteiger partial charge in [0.25, 0.3) is 0 Å². The summed E-state index contributed by atoms with van der Waals surface area (Å²) < 4.78 is 11.7. The van der Waals surface area contributed by atoms with E-state index in [2.05, 4.69) is 27.2 Å². The van der Waals surface area contributed by atoms with E-state index in [-0.39, 0.29) is 6.61 Å². The highest BCUT2D eigenvalue weighted by molar-refractivity contribution is 9.10. The van der Waals surface area contributed by atoms with E-state index in [1.807, 2.05) is 37.3 Å². The van der Waals surface area contributed by atoms with Crippen molar-refractivity contribution in [3.8, 4) is 23.8 Å². The van der Waals surface area contributed by atoms with Crippen LogP contribution in [0, 0.1) is 19.3 Å². The topological polar surface area (TPSA) is 30.5 Å². The number of methoxy groups -OCH3 is 1. The van der Waals surface area contributed by atoms with Crippen LogP contribution in [0.2, 0.25) is 5.02 Å². The van der Waals surface area contributed by atoms with Crippen molar-refractivity contribution in [3.63, 3.8) is 0 Å². The first-order chi connectivity index (χ1) is 11.0. The van der Waals surface area contributed by atoms with E-state index in [0.29, 0.717) is 23.1 Å². The quantitative estimate of drug-likeness (QED) is 0.696. The number of benzene rings is 2. The molecule has 23 heavy (non-hydrogen) atoms. The van der Waals surface area contributed by atoms with Gasteiger partial charge in [-0.25, -0.2) is 0 Å². The summed E-state index contributed by atoms with van der Waals surface area (Å²) in [6.45, 7) is 2.85. The molecule has 2 aromatic rings. The van der Waals surface area contributed by atoms with Crippen molar-refractivity contribution in [3.05, 3.63) is 51.0 Å². The van der Waals surface area contributed by atoms with E-state index >= 15 is 0 Å². The normalized spacial score (nSPS) is 10.0. The van der Waals surface area contributed by atoms with Crippen LogP contribution in [-0.2, 0) is 6.54 Å². The minimum atomic E-state index is 0.189. The molecule has 0 heterocycles. The Bertz CT molecular complexity index is 741. The fourth-order valence-electron chi connectivity index (χ4n) is 2.11. The van der Waals surface area contributed by atoms with Crippen LogP contribution in [0.1, 0.15) is 11.1 Å². The van der Waals surface area contributed by atoms with Gasteiger partial charge >= 0.3 is 0 Å². The highest BCUT2D eigenvalue weighted by Crippen LogP contribution is 2.37. The average Bonchev–Trinajstić information content (AvgIpc) is 2.54. The maximum atomic E-state index is 6.04. The predicted molar refractivity (Wildman–Crippen MR) is 98.5 cm³/mol. The summed E-state index contributed by atoms with van der Waals surface area (Å²) in [5.41, 5.74) is 3.18. The van der Waals surface area contributed by atoms with E-state index in [1.165, 1.54) is 0 Å². The summed E-state index contributed by atoms with van der Waals surface area (Å²) in [5, 5.41) is 4.08. The lowest BCUT2D eigenvalue weighted by atomic mass is 10.1. The van der Waals surface area contributed by atoms with Crippen LogP contribution in [0.5, 0.6) is 11.5 Å². The molecule has 2 rings (SSSR count). The van der Waals surface area contributed by atoms with Gasteiger partial charge in [-0.3, -0.25) is 0 Å². The first-order valence-electron chi connectivity index (χ1n) is 6.98. The largest absolute Gasteiger partial charge is 0.493 e. The van der Waals surface area contributed by atoms with Gasteiger partial charge < -0.3 is 14.8 Å². The van der Waals surface area contributed by atoms with Crippen molar-refractivity contribution in [2.45, 2.75) is 13.5 Å². The smallest absolute Gasteiger partial charge is 0.176 e. The molecule has 3 nitrogen and oxygen atoms in total. The summed E-state index contributed by atoms with van der Waals surface area (Å²) in [4.78, 5) is 0. The molecule has 0 aliphatic carbocycles. The zero-order valence-corrected chi connectivity index (χ0v) is 15.3. The van der Waals surface area contributed by atoms with Gasteiger partial charge in [0.1, 0.15) is 6.61 Å². The minimum absolute atomic E-state index is 0.189. The fraction of sp³-hybridized carbons (Fsp3) is 0.222. The lowest BCUT2D eigenvalue weighted by molar-refractivity contribution is 0.328. The van der Waals surface area contributed by atoms with Crippen molar-refractivity contribution in [1.82, 2.24) is 0 Å². The Labute approximate surface area is 150 Å². The van der Waals surface area contributed by atoms with Gasteiger partial charge in [0, 0.05) is 17.3 Å². The number of terminal acetylenes is 1. The molecule has 0 aliphatic heterocycles. The maximum Gasteiger partial charge on any atom is 0.176 e. The van der Waals surface area contributed by atoms with Crippen molar-refractivity contribution in [2.24, 2.45) is 0 Å². The Kier molecular flexibility index (Phi) is 6.20. The number of hydrogen-bond donors (Lipinski definition) is 1. The van der Waals surface area contributed by atoms with Crippen LogP contribution in [0.15, 0.2) is 34.8 Å². The summed E-state index contributed by atoms with van der Waals surface area (Å²) in [6, 6.07) is 9.66. The first-order valence-corrected chi connectivity index (χ1v) is 8.15. The summed E-state index contributed by atoms with van der Waals surface area (Å²) in [5.74, 6) is 3.68. The molecule has 0 unspecified atom stereocenters. The third-order valence-electron chi connectivity index (χ3n) is 3.27. The second-order valence-electron chi connectivity index (χ2n) is 4.91. The summed E-state index contributed by atoms with van der Waals surface area (Å²) >= 11 is 9.54. The number of ether oxygens (including phenoxy) is 2. The van der Waals surface area contributed by atoms with Crippen LogP contribution in [0.3, 0.4) is 0 Å². The Hall–Kier alpha value is -1.83. The third-order valence-corrected chi connectivity index (χ3v) is 4.10. The van der Waals surface area contributed by atoms with Crippen molar-refractivity contribution < 1.29 is 9.47 Å². The molecule has 0 bridgehead atoms. The second kappa shape index (κ2) is 8.14. The van der Waals surface area contributed by atoms with Gasteiger partial charge in [-0.2, -0.15) is 0 Å². The highest BCUT2D eigenvalue weighted by Gasteiger charge is 2.11. The number of rotatable bonds is 6. The molecule has 0 saturated carbocycles. The monoisotopic (exact) mass is 393 g/mol. The first kappa shape index (κ1) is 17.5. The van der Waals surface area contributed by atoms with E-state index in [9.17, 15) is 0 Å². The van der Waals surface area contributed by atoms with Gasteiger partial charge in [-0.1, -0.05) is 23.6 Å². The molecule has 0 aromatic heterocycles. The van der Waals surface area contributed by atoms with Gasteiger partial charge in [0.05, 0.1) is 11.6 Å². The Morgan fingerprint density at radius 2 is 2.09 bits per heavy atom. The SMILES string of the molecule is C#CCOc1c(Br)cc(CNc2cc(Cl)ccc2C)cc1OC. The lowest BCUT2D eigenvalue weighted by Gasteiger charge is -2.14. The summed E-state index contributed by atoms with van der Waals surface area (Å²) in [7, 11) is 1.60. The number of hydrogen-bond acceptors (Lipinski definition) is 3. The Morgan fingerprint density at radius 1 is 1.30 bits per heavy atom. The minimum Gasteiger partial charge on any atom is -0.493 e. The molecule has 0 spiro atoms. The molecule has 0 fully saturated rings. The molecule has 0 saturated heterocycles. The number of aryl methyl sites for hydroxylation is 1. The Morgan fingerprint density at radius 3 is 2.78 bits per heavy atom. The zero-order valence-electron chi connectivity index (χ0n) is 13.0. The van der Waals surface area contributed by atoms with Crippen molar-refractivity contribution in [2.75, 3.05) is 19.0 Å². The van der Waals surface area contributed by atoms with Gasteiger partial charge in [-0.05, 0) is 58.2 Å². The zero-order chi connectivity index (χ0) is 16.8. The fourth-order valence-corrected chi connectivity index (χ4v) is 2.89. The van der Waals surface area contributed by atoms with E-state index in [1.54, 1.807) is 7.11 Å². The molecular formula is C18H17BrClNO2. The van der Waals surface area contributed by atoms with Crippen LogP contribution in [0.25, 0.3) is 0 Å². The number of anilines is 1. The average molecular weight is 395 g/mol. The molecule has 0 aliphatic rings. The molecule has 1 N–H and O–H groups in total. The number of nitrogens with one attached hydrogen (secondary N) is 1. The van der Waals surface area contributed by atoms with Crippen LogP contribution < -0.4 is 14.8 Å². The predicted octanol–water partition coefficient (Wildman–Crippen LogP) is 5.04. The molecule has 2 aromatic carbocycles. The van der Waals surface area contributed by atoms with E-state index in [0.717, 1.165) is 21.3 Å². The summed E-state index contributed by atoms with van der Waals surface area (Å²) in [6.07, 6.45) is 5.23. The standard InChI is InChI=1S/C18H17BrClNO2/c1-4-7-23-18-15(19)8-13(9-17(18)22-3)11-21-16-10-14(20)6-5-12(16)2/h1,5-6,8-10,21H,7,11H2,2-3H3. The van der Waals surface area contributed by atoms with Crippen molar-refractivity contribution >= 4 is 33.2 Å². The molecule has 0 amide bonds. The van der Waals surface area contributed by atoms with E-state index in [4.69, 9.17) is 27.5 Å². The lowest BCUT2D eigenvalue weighted by Crippen LogP contribution is -2.03. The van der Waals surface area contributed by atoms with Crippen LogP contribution >= 0.6 is 27.5 Å². The molecule has 0 atom stereocenters. The van der Waals surface area contributed by atoms with E-state index < -0.39 is 0 Å². The van der Waals surface area contributed by atoms with Gasteiger partial charge in [0.15, 0.2) is 11.5 Å². The molecule has 0 radical (unpaired) electrons. The van der Waals surface area contributed by atoms with Gasteiger partial charge in [0.2, 0.25) is 0 Å². The van der Waals surface area contributed by atoms with Crippen LogP contribution in [0.4, 0.5) is 5.69 Å². The second-order valence-corrected chi connectivity index (χ2v) is 6.21. The Balaban J connectivity index is 2.19. The molecule has 5 heteroatoms. The van der Waals surface area contributed by atoms with Crippen LogP contribution in [-0.4, -0.2) is 13.7 Å². The highest BCUT2D eigenvalue weighted by atomic mass is 79.9. The third kappa shape index (κ3) is 4.57. The van der Waals surface area contributed by atoms with Gasteiger partial charge in [-0.15, -0.1) is 6.42 Å². The maximum absolute atomic E-state index is 6.04. The van der Waals surface area contributed by atoms with Crippen molar-refractivity contribution in [1.29, 1.82) is 0 Å². The number of halogens is 2.